The minimum atomic E-state index is 0. The first-order valence-corrected chi connectivity index (χ1v) is 0. The molecule has 50 valence electrons. The standard InChI is InChI=1S/Fe.Ni.4H2O/h;;4*1H2. The molecule has 0 aliphatic carbocycles. The molecule has 0 amide bonds. The van der Waals surface area contributed by atoms with Gasteiger partial charge >= 0.3 is 0 Å². The van der Waals surface area contributed by atoms with Crippen LogP contribution in [0.15, 0.2) is 0 Å². The van der Waals surface area contributed by atoms with Crippen LogP contribution in [-0.4, -0.2) is 21.9 Å². The predicted molar refractivity (Wildman–Crippen MR) is 14.5 cm³/mol. The molecule has 0 aromatic rings. The monoisotopic (exact) mass is 186 g/mol. The van der Waals surface area contributed by atoms with Crippen molar-refractivity contribution in [1.82, 2.24) is 0 Å². The Balaban J connectivity index is 0. The molecule has 0 bridgehead atoms. The summed E-state index contributed by atoms with van der Waals surface area (Å²) in [7, 11) is 0. The van der Waals surface area contributed by atoms with E-state index in [1.54, 1.807) is 0 Å². The van der Waals surface area contributed by atoms with Crippen LogP contribution in [0.4, 0.5) is 0 Å². The zero-order valence-corrected chi connectivity index (χ0v) is 4.76. The molecule has 0 heterocycles. The van der Waals surface area contributed by atoms with Gasteiger partial charge in [-0.1, -0.05) is 0 Å². The van der Waals surface area contributed by atoms with Gasteiger partial charge in [0.25, 0.3) is 0 Å². The number of hydrogen-bond donors (Lipinski definition) is 0. The fourth-order valence-electron chi connectivity index (χ4n) is 0. The Labute approximate surface area is 55.9 Å². The molecule has 0 rings (SSSR count). The van der Waals surface area contributed by atoms with Gasteiger partial charge in [-0.25, -0.2) is 0 Å². The molecule has 0 aromatic heterocycles. The second-order valence-corrected chi connectivity index (χ2v) is 0. The Morgan fingerprint density at radius 1 is 0.500 bits per heavy atom. The van der Waals surface area contributed by atoms with Crippen molar-refractivity contribution >= 4 is 0 Å². The molecule has 0 saturated carbocycles. The number of hydrogen-bond acceptors (Lipinski definition) is 0. The summed E-state index contributed by atoms with van der Waals surface area (Å²) in [5.41, 5.74) is 0. The summed E-state index contributed by atoms with van der Waals surface area (Å²) in [6, 6.07) is 0. The Morgan fingerprint density at radius 2 is 0.500 bits per heavy atom. The summed E-state index contributed by atoms with van der Waals surface area (Å²) in [5, 5.41) is 0. The molecule has 0 spiro atoms. The Morgan fingerprint density at radius 3 is 0.500 bits per heavy atom. The maximum atomic E-state index is 0. The van der Waals surface area contributed by atoms with Gasteiger partial charge in [-0.2, -0.15) is 0 Å². The van der Waals surface area contributed by atoms with Gasteiger partial charge in [-0.05, 0) is 0 Å². The molecule has 0 fully saturated rings. The molecule has 0 unspecified atom stereocenters. The van der Waals surface area contributed by atoms with Crippen molar-refractivity contribution in [3.63, 3.8) is 0 Å². The molecule has 0 aliphatic rings. The van der Waals surface area contributed by atoms with E-state index in [-0.39, 0.29) is 55.5 Å². The average molecular weight is 187 g/mol. The third kappa shape index (κ3) is 99.0. The van der Waals surface area contributed by atoms with Gasteiger partial charge in [0.15, 0.2) is 0 Å². The van der Waals surface area contributed by atoms with Crippen LogP contribution in [-0.2, 0) is 33.6 Å². The molecule has 0 radical (unpaired) electrons. The van der Waals surface area contributed by atoms with E-state index in [4.69, 9.17) is 0 Å². The maximum Gasteiger partial charge on any atom is 0 e. The topological polar surface area (TPSA) is 126 Å². The fraction of sp³-hybridized carbons (Fsp3) is 0. The zero-order chi connectivity index (χ0) is 0. The maximum absolute atomic E-state index is 0. The van der Waals surface area contributed by atoms with Crippen molar-refractivity contribution in [3.05, 3.63) is 0 Å². The van der Waals surface area contributed by atoms with E-state index in [9.17, 15) is 0 Å². The molecule has 8 N–H and O–H groups in total. The van der Waals surface area contributed by atoms with Gasteiger partial charge in [-0.3, -0.25) is 0 Å². The summed E-state index contributed by atoms with van der Waals surface area (Å²) in [6.45, 7) is 0. The number of rotatable bonds is 0. The quantitative estimate of drug-likeness (QED) is 0.352. The molecule has 0 atom stereocenters. The van der Waals surface area contributed by atoms with Crippen LogP contribution >= 0.6 is 0 Å². The van der Waals surface area contributed by atoms with Gasteiger partial charge < -0.3 is 21.9 Å². The SMILES string of the molecule is O.O.O.O.[Fe].[Ni]. The molecule has 6 heteroatoms. The van der Waals surface area contributed by atoms with Crippen molar-refractivity contribution in [2.75, 3.05) is 0 Å². The molecular formula is H8FeNiO4. The second kappa shape index (κ2) is 189. The Hall–Kier alpha value is 0.853. The van der Waals surface area contributed by atoms with E-state index < -0.39 is 0 Å². The normalized spacial score (nSPS) is 0. The molecule has 0 saturated heterocycles. The van der Waals surface area contributed by atoms with Crippen molar-refractivity contribution in [1.29, 1.82) is 0 Å². The third-order valence-corrected chi connectivity index (χ3v) is 0. The van der Waals surface area contributed by atoms with Crippen LogP contribution in [0.25, 0.3) is 0 Å². The summed E-state index contributed by atoms with van der Waals surface area (Å²) in [6.07, 6.45) is 0. The summed E-state index contributed by atoms with van der Waals surface area (Å²) < 4.78 is 0. The van der Waals surface area contributed by atoms with Crippen molar-refractivity contribution < 1.29 is 55.5 Å². The van der Waals surface area contributed by atoms with Crippen molar-refractivity contribution in [3.8, 4) is 0 Å². The first kappa shape index (κ1) is 323. The average Bonchev–Trinajstić information content (AvgIpc) is 0. The van der Waals surface area contributed by atoms with Crippen LogP contribution < -0.4 is 0 Å². The Kier molecular flexibility index (Phi) is 10200. The van der Waals surface area contributed by atoms with E-state index in [0.29, 0.717) is 0 Å². The molecule has 0 aromatic carbocycles. The van der Waals surface area contributed by atoms with E-state index >= 15 is 0 Å². The summed E-state index contributed by atoms with van der Waals surface area (Å²) >= 11 is 0. The van der Waals surface area contributed by atoms with E-state index in [1.807, 2.05) is 0 Å². The van der Waals surface area contributed by atoms with E-state index in [1.165, 1.54) is 0 Å². The van der Waals surface area contributed by atoms with E-state index in [2.05, 4.69) is 0 Å². The van der Waals surface area contributed by atoms with Crippen molar-refractivity contribution in [2.24, 2.45) is 0 Å². The van der Waals surface area contributed by atoms with Crippen LogP contribution in [0.1, 0.15) is 0 Å². The smallest absolute Gasteiger partial charge is 0 e. The van der Waals surface area contributed by atoms with Crippen LogP contribution in [0.5, 0.6) is 0 Å². The minimum absolute atomic E-state index is 0. The zero-order valence-electron chi connectivity index (χ0n) is 2.67. The first-order valence-electron chi connectivity index (χ1n) is 0. The molecular weight excluding hydrogens is 179 g/mol. The van der Waals surface area contributed by atoms with Gasteiger partial charge in [-0.15, -0.1) is 0 Å². The fourth-order valence-corrected chi connectivity index (χ4v) is 0. The summed E-state index contributed by atoms with van der Waals surface area (Å²) in [4.78, 5) is 0. The first-order chi connectivity index (χ1) is 0. The van der Waals surface area contributed by atoms with Gasteiger partial charge in [0.2, 0.25) is 0 Å². The minimum Gasteiger partial charge on any atom is -0.412 e. The van der Waals surface area contributed by atoms with Crippen LogP contribution in [0.2, 0.25) is 0 Å². The summed E-state index contributed by atoms with van der Waals surface area (Å²) in [5.74, 6) is 0. The predicted octanol–water partition coefficient (Wildman–Crippen LogP) is -3.30. The third-order valence-electron chi connectivity index (χ3n) is 0. The Bertz CT molecular complexity index is 7.51. The van der Waals surface area contributed by atoms with Crippen LogP contribution in [0, 0.1) is 0 Å². The molecule has 0 aliphatic heterocycles. The molecule has 4 nitrogen and oxygen atoms in total. The largest absolute Gasteiger partial charge is 0.412 e. The second-order valence-electron chi connectivity index (χ2n) is 0. The van der Waals surface area contributed by atoms with Crippen LogP contribution in [0.3, 0.4) is 0 Å². The van der Waals surface area contributed by atoms with Crippen molar-refractivity contribution in [2.45, 2.75) is 0 Å². The van der Waals surface area contributed by atoms with Gasteiger partial charge in [0.05, 0.1) is 0 Å². The van der Waals surface area contributed by atoms with Gasteiger partial charge in [0, 0.05) is 33.6 Å². The van der Waals surface area contributed by atoms with Gasteiger partial charge in [0.1, 0.15) is 0 Å². The molecule has 6 heavy (non-hydrogen) atoms. The van der Waals surface area contributed by atoms with E-state index in [0.717, 1.165) is 0 Å².